The number of benzene rings is 2. The van der Waals surface area contributed by atoms with E-state index in [1.165, 1.54) is 12.1 Å². The van der Waals surface area contributed by atoms with E-state index in [-0.39, 0.29) is 5.56 Å². The fourth-order valence-corrected chi connectivity index (χ4v) is 3.08. The zero-order chi connectivity index (χ0) is 19.4. The Morgan fingerprint density at radius 1 is 1.04 bits per heavy atom. The van der Waals surface area contributed by atoms with Crippen LogP contribution in [0.15, 0.2) is 60.7 Å². The molecule has 8 heteroatoms. The van der Waals surface area contributed by atoms with Crippen molar-refractivity contribution < 1.29 is 33.3 Å². The van der Waals surface area contributed by atoms with Crippen molar-refractivity contribution in [3.8, 4) is 0 Å². The molecule has 0 bridgehead atoms. The molecule has 3 rings (SSSR count). The normalized spacial score (nSPS) is 27.1. The lowest BCUT2D eigenvalue weighted by Crippen LogP contribution is -2.38. The first-order valence-electron chi connectivity index (χ1n) is 8.10. The molecule has 0 aliphatic carbocycles. The minimum Gasteiger partial charge on any atom is -0.459 e. The molecule has 1 aliphatic rings. The highest BCUT2D eigenvalue weighted by molar-refractivity contribution is 9.10. The number of alkyl halides is 2. The lowest BCUT2D eigenvalue weighted by molar-refractivity contribution is -0.144. The number of hydrogen-bond acceptors (Lipinski definition) is 6. The second kappa shape index (κ2) is 8.16. The van der Waals surface area contributed by atoms with Crippen LogP contribution < -0.4 is 0 Å². The van der Waals surface area contributed by atoms with Crippen molar-refractivity contribution in [3.05, 3.63) is 71.8 Å². The SMILES string of the molecule is O=C(OC[C@@H]1O[C@@](O)(Br)[C@H](F)[C@H]1OC(=O)c1ccccc1)c1ccccc1. The van der Waals surface area contributed by atoms with Gasteiger partial charge in [0, 0.05) is 0 Å². The summed E-state index contributed by atoms with van der Waals surface area (Å²) in [6.07, 6.45) is -4.74. The van der Waals surface area contributed by atoms with E-state index in [0.717, 1.165) is 0 Å². The molecule has 0 radical (unpaired) electrons. The van der Waals surface area contributed by atoms with Crippen LogP contribution in [0.25, 0.3) is 0 Å². The largest absolute Gasteiger partial charge is 0.459 e. The predicted octanol–water partition coefficient (Wildman–Crippen LogP) is 2.85. The van der Waals surface area contributed by atoms with Gasteiger partial charge in [0.25, 0.3) is 4.70 Å². The highest BCUT2D eigenvalue weighted by Crippen LogP contribution is 2.38. The van der Waals surface area contributed by atoms with Crippen LogP contribution in [0.4, 0.5) is 4.39 Å². The van der Waals surface area contributed by atoms with Crippen LogP contribution in [-0.4, -0.2) is 46.7 Å². The average molecular weight is 439 g/mol. The fraction of sp³-hybridized carbons (Fsp3) is 0.263. The van der Waals surface area contributed by atoms with Crippen LogP contribution in [0.2, 0.25) is 0 Å². The standard InChI is InChI=1S/C19H16BrFO6/c20-19(24)16(21)15(26-18(23)13-9-5-2-6-10-13)14(27-19)11-25-17(22)12-7-3-1-4-8-12/h1-10,14-16,24H,11H2/t14-,15-,16+,19+/m0/s1. The molecule has 0 aromatic heterocycles. The molecule has 0 unspecified atom stereocenters. The van der Waals surface area contributed by atoms with Crippen molar-refractivity contribution in [2.45, 2.75) is 23.1 Å². The van der Waals surface area contributed by atoms with Crippen LogP contribution in [0.5, 0.6) is 0 Å². The molecule has 0 spiro atoms. The van der Waals surface area contributed by atoms with Gasteiger partial charge in [0.05, 0.1) is 11.1 Å². The highest BCUT2D eigenvalue weighted by atomic mass is 79.9. The molecule has 142 valence electrons. The van der Waals surface area contributed by atoms with Crippen molar-refractivity contribution in [3.63, 3.8) is 0 Å². The van der Waals surface area contributed by atoms with E-state index in [0.29, 0.717) is 5.56 Å². The molecule has 4 atom stereocenters. The van der Waals surface area contributed by atoms with E-state index in [2.05, 4.69) is 15.9 Å². The summed E-state index contributed by atoms with van der Waals surface area (Å²) >= 11 is 2.71. The Kier molecular flexibility index (Phi) is 5.88. The molecule has 0 amide bonds. The third-order valence-corrected chi connectivity index (χ3v) is 4.58. The molecule has 1 fully saturated rings. The first kappa shape index (κ1) is 19.5. The maximum atomic E-state index is 14.5. The highest BCUT2D eigenvalue weighted by Gasteiger charge is 2.56. The maximum Gasteiger partial charge on any atom is 0.338 e. The number of aliphatic hydroxyl groups is 1. The van der Waals surface area contributed by atoms with Gasteiger partial charge in [-0.25, -0.2) is 14.0 Å². The maximum absolute atomic E-state index is 14.5. The van der Waals surface area contributed by atoms with E-state index in [9.17, 15) is 19.1 Å². The van der Waals surface area contributed by atoms with Crippen molar-refractivity contribution in [1.29, 1.82) is 0 Å². The molecule has 0 saturated carbocycles. The third-order valence-electron chi connectivity index (χ3n) is 3.95. The van der Waals surface area contributed by atoms with Gasteiger partial charge in [-0.15, -0.1) is 0 Å². The summed E-state index contributed by atoms with van der Waals surface area (Å²) in [7, 11) is 0. The monoisotopic (exact) mass is 438 g/mol. The summed E-state index contributed by atoms with van der Waals surface area (Å²) in [6, 6.07) is 16.2. The van der Waals surface area contributed by atoms with Gasteiger partial charge in [-0.2, -0.15) is 0 Å². The predicted molar refractivity (Wildman–Crippen MR) is 96.0 cm³/mol. The van der Waals surface area contributed by atoms with E-state index >= 15 is 0 Å². The summed E-state index contributed by atoms with van der Waals surface area (Å²) in [5.41, 5.74) is 0.522. The summed E-state index contributed by atoms with van der Waals surface area (Å²) in [4.78, 5) is 24.3. The van der Waals surface area contributed by atoms with Crippen LogP contribution in [0.1, 0.15) is 20.7 Å². The molecule has 6 nitrogen and oxygen atoms in total. The Hall–Kier alpha value is -2.29. The number of carbonyl (C=O) groups is 2. The van der Waals surface area contributed by atoms with E-state index in [1.54, 1.807) is 48.5 Å². The van der Waals surface area contributed by atoms with Gasteiger partial charge in [-0.1, -0.05) is 36.4 Å². The molecule has 27 heavy (non-hydrogen) atoms. The first-order valence-corrected chi connectivity index (χ1v) is 8.89. The van der Waals surface area contributed by atoms with Gasteiger partial charge in [0.1, 0.15) is 12.7 Å². The Bertz CT molecular complexity index is 798. The number of esters is 2. The zero-order valence-electron chi connectivity index (χ0n) is 14.0. The van der Waals surface area contributed by atoms with E-state index < -0.39 is 41.6 Å². The van der Waals surface area contributed by atoms with Gasteiger partial charge in [0.2, 0.25) is 6.17 Å². The molecular formula is C19H16BrFO6. The second-order valence-corrected chi connectivity index (χ2v) is 7.00. The molecular weight excluding hydrogens is 423 g/mol. The molecule has 1 saturated heterocycles. The number of carbonyl (C=O) groups excluding carboxylic acids is 2. The number of hydrogen-bond donors (Lipinski definition) is 1. The number of ether oxygens (including phenoxy) is 3. The first-order chi connectivity index (χ1) is 12.9. The summed E-state index contributed by atoms with van der Waals surface area (Å²) in [6.45, 7) is -0.408. The summed E-state index contributed by atoms with van der Waals surface area (Å²) < 4.78 is 27.6. The van der Waals surface area contributed by atoms with Crippen LogP contribution >= 0.6 is 15.9 Å². The van der Waals surface area contributed by atoms with Gasteiger partial charge in [-0.3, -0.25) is 0 Å². The summed E-state index contributed by atoms with van der Waals surface area (Å²) in [5, 5.41) is 9.96. The number of halogens is 2. The van der Waals surface area contributed by atoms with Crippen molar-refractivity contribution >= 4 is 27.9 Å². The van der Waals surface area contributed by atoms with Crippen LogP contribution in [0, 0.1) is 0 Å². The minimum absolute atomic E-state index is 0.217. The topological polar surface area (TPSA) is 82.1 Å². The van der Waals surface area contributed by atoms with Gasteiger partial charge in [0.15, 0.2) is 6.10 Å². The number of rotatable bonds is 5. The summed E-state index contributed by atoms with van der Waals surface area (Å²) in [5.74, 6) is -1.43. The van der Waals surface area contributed by atoms with Gasteiger partial charge >= 0.3 is 11.9 Å². The molecule has 1 aliphatic heterocycles. The van der Waals surface area contributed by atoms with Crippen molar-refractivity contribution in [1.82, 2.24) is 0 Å². The van der Waals surface area contributed by atoms with Crippen molar-refractivity contribution in [2.24, 2.45) is 0 Å². The molecule has 1 N–H and O–H groups in total. The minimum atomic E-state index is -2.35. The smallest absolute Gasteiger partial charge is 0.338 e. The van der Waals surface area contributed by atoms with Crippen molar-refractivity contribution in [2.75, 3.05) is 6.61 Å². The zero-order valence-corrected chi connectivity index (χ0v) is 15.5. The lowest BCUT2D eigenvalue weighted by Gasteiger charge is -2.19. The van der Waals surface area contributed by atoms with Gasteiger partial charge < -0.3 is 19.3 Å². The van der Waals surface area contributed by atoms with Crippen LogP contribution in [-0.2, 0) is 14.2 Å². The third kappa shape index (κ3) is 4.52. The Balaban J connectivity index is 1.68. The van der Waals surface area contributed by atoms with Gasteiger partial charge in [-0.05, 0) is 40.2 Å². The molecule has 2 aromatic carbocycles. The Labute approximate surface area is 163 Å². The Morgan fingerprint density at radius 3 is 2.11 bits per heavy atom. The van der Waals surface area contributed by atoms with Crippen LogP contribution in [0.3, 0.4) is 0 Å². The average Bonchev–Trinajstić information content (AvgIpc) is 2.90. The molecule has 2 aromatic rings. The Morgan fingerprint density at radius 2 is 1.56 bits per heavy atom. The fourth-order valence-electron chi connectivity index (χ4n) is 2.58. The lowest BCUT2D eigenvalue weighted by atomic mass is 10.1. The van der Waals surface area contributed by atoms with E-state index in [1.807, 2.05) is 0 Å². The van der Waals surface area contributed by atoms with E-state index in [4.69, 9.17) is 14.2 Å². The molecule has 1 heterocycles. The second-order valence-electron chi connectivity index (χ2n) is 5.87. The quantitative estimate of drug-likeness (QED) is 0.570.